The predicted molar refractivity (Wildman–Crippen MR) is 36.5 cm³/mol. The monoisotopic (exact) mass is 195 g/mol. The maximum absolute atomic E-state index is 11.8. The smallest absolute Gasteiger partial charge is 0.350 e. The highest BCUT2D eigenvalue weighted by Crippen LogP contribution is 2.18. The Morgan fingerprint density at radius 2 is 2.17 bits per heavy atom. The molecule has 0 aromatic carbocycles. The molecule has 0 aromatic rings. The molecule has 0 radical (unpaired) electrons. The summed E-state index contributed by atoms with van der Waals surface area (Å²) in [6.07, 6.45) is -3.04. The number of nitriles is 1. The third kappa shape index (κ3) is 2.47. The molecular formula is C6H4ClF2NO2. The van der Waals surface area contributed by atoms with Crippen LogP contribution in [-0.4, -0.2) is 19.5 Å². The zero-order chi connectivity index (χ0) is 9.72. The van der Waals surface area contributed by atoms with Crippen LogP contribution in [0.15, 0.2) is 10.6 Å². The van der Waals surface area contributed by atoms with E-state index in [9.17, 15) is 13.6 Å². The molecule has 3 nitrogen and oxygen atoms in total. The molecule has 0 spiro atoms. The molecule has 0 atom stereocenters. The van der Waals surface area contributed by atoms with Crippen LogP contribution in [0.1, 0.15) is 0 Å². The number of hydrogen-bond donors (Lipinski definition) is 0. The first kappa shape index (κ1) is 10.8. The normalized spacial score (nSPS) is 12.0. The fourth-order valence-corrected chi connectivity index (χ4v) is 0.527. The Bertz CT molecular complexity index is 257. The highest BCUT2D eigenvalue weighted by molar-refractivity contribution is 6.32. The van der Waals surface area contributed by atoms with Gasteiger partial charge in [0.25, 0.3) is 6.43 Å². The number of esters is 1. The van der Waals surface area contributed by atoms with E-state index in [1.807, 2.05) is 0 Å². The van der Waals surface area contributed by atoms with E-state index in [2.05, 4.69) is 4.74 Å². The molecule has 0 fully saturated rings. The molecule has 0 rings (SSSR count). The SMILES string of the molecule is COC(=O)C(C#N)=C(Cl)C(F)F. The average Bonchev–Trinajstić information content (AvgIpc) is 2.05. The highest BCUT2D eigenvalue weighted by atomic mass is 35.5. The molecule has 0 aliphatic rings. The summed E-state index contributed by atoms with van der Waals surface area (Å²) in [7, 11) is 0.968. The van der Waals surface area contributed by atoms with Crippen molar-refractivity contribution in [2.24, 2.45) is 0 Å². The lowest BCUT2D eigenvalue weighted by Crippen LogP contribution is -2.07. The number of hydrogen-bond acceptors (Lipinski definition) is 3. The van der Waals surface area contributed by atoms with Gasteiger partial charge >= 0.3 is 5.97 Å². The molecule has 0 heterocycles. The number of nitrogens with zero attached hydrogens (tertiary/aromatic N) is 1. The minimum absolute atomic E-state index is 0.867. The molecule has 0 saturated carbocycles. The number of halogens is 3. The summed E-state index contributed by atoms with van der Waals surface area (Å²) in [6, 6.07) is 1.23. The Morgan fingerprint density at radius 3 is 2.42 bits per heavy atom. The van der Waals surface area contributed by atoms with Gasteiger partial charge in [-0.25, -0.2) is 13.6 Å². The largest absolute Gasteiger partial charge is 0.465 e. The van der Waals surface area contributed by atoms with Crippen molar-refractivity contribution in [1.82, 2.24) is 0 Å². The Balaban J connectivity index is 4.90. The van der Waals surface area contributed by atoms with Gasteiger partial charge in [0, 0.05) is 0 Å². The van der Waals surface area contributed by atoms with Crippen LogP contribution in [0.2, 0.25) is 0 Å². The van der Waals surface area contributed by atoms with Gasteiger partial charge in [0.1, 0.15) is 11.1 Å². The standard InChI is InChI=1S/C6H4ClF2NO2/c1-12-6(11)3(2-10)4(7)5(8)9/h5H,1H3. The molecule has 0 aliphatic carbocycles. The molecule has 0 unspecified atom stereocenters. The predicted octanol–water partition coefficient (Wildman–Crippen LogP) is 1.44. The van der Waals surface area contributed by atoms with Crippen LogP contribution in [0.4, 0.5) is 8.78 Å². The topological polar surface area (TPSA) is 50.1 Å². The van der Waals surface area contributed by atoms with Crippen LogP contribution in [-0.2, 0) is 9.53 Å². The quantitative estimate of drug-likeness (QED) is 0.381. The van der Waals surface area contributed by atoms with Gasteiger partial charge in [-0.1, -0.05) is 11.6 Å². The number of alkyl halides is 2. The third-order valence-corrected chi connectivity index (χ3v) is 1.29. The van der Waals surface area contributed by atoms with Crippen molar-refractivity contribution in [3.8, 4) is 6.07 Å². The van der Waals surface area contributed by atoms with Gasteiger partial charge in [0.2, 0.25) is 0 Å². The fraction of sp³-hybridized carbons (Fsp3) is 0.333. The number of methoxy groups -OCH3 is 1. The number of ether oxygens (including phenoxy) is 1. The molecule has 6 heteroatoms. The number of carbonyl (C=O) groups excluding carboxylic acids is 1. The zero-order valence-electron chi connectivity index (χ0n) is 5.97. The van der Waals surface area contributed by atoms with Gasteiger partial charge in [-0.3, -0.25) is 0 Å². The van der Waals surface area contributed by atoms with E-state index in [4.69, 9.17) is 16.9 Å². The van der Waals surface area contributed by atoms with Gasteiger partial charge in [-0.05, 0) is 0 Å². The van der Waals surface area contributed by atoms with E-state index < -0.39 is 23.0 Å². The zero-order valence-corrected chi connectivity index (χ0v) is 6.73. The number of rotatable bonds is 2. The molecule has 0 N–H and O–H groups in total. The van der Waals surface area contributed by atoms with Crippen molar-refractivity contribution in [1.29, 1.82) is 5.26 Å². The van der Waals surface area contributed by atoms with Crippen molar-refractivity contribution in [3.05, 3.63) is 10.6 Å². The Morgan fingerprint density at radius 1 is 1.67 bits per heavy atom. The summed E-state index contributed by atoms with van der Waals surface area (Å²) in [5, 5.41) is 7.13. The minimum Gasteiger partial charge on any atom is -0.465 e. The average molecular weight is 196 g/mol. The van der Waals surface area contributed by atoms with E-state index in [0.29, 0.717) is 0 Å². The Hall–Kier alpha value is -1.15. The summed E-state index contributed by atoms with van der Waals surface area (Å²) >= 11 is 4.96. The summed E-state index contributed by atoms with van der Waals surface area (Å²) < 4.78 is 27.7. The number of allylic oxidation sites excluding steroid dienone is 1. The first-order chi connectivity index (χ1) is 5.54. The molecule has 66 valence electrons. The Labute approximate surface area is 72.2 Å². The van der Waals surface area contributed by atoms with Gasteiger partial charge in [0.05, 0.1) is 7.11 Å². The highest BCUT2D eigenvalue weighted by Gasteiger charge is 2.20. The lowest BCUT2D eigenvalue weighted by atomic mass is 10.3. The molecular weight excluding hydrogens is 192 g/mol. The van der Waals surface area contributed by atoms with E-state index in [1.54, 1.807) is 0 Å². The van der Waals surface area contributed by atoms with E-state index in [1.165, 1.54) is 6.07 Å². The van der Waals surface area contributed by atoms with Crippen LogP contribution >= 0.6 is 11.6 Å². The second-order valence-corrected chi connectivity index (χ2v) is 2.03. The minimum atomic E-state index is -3.04. The molecule has 0 bridgehead atoms. The van der Waals surface area contributed by atoms with Gasteiger partial charge < -0.3 is 4.74 Å². The maximum Gasteiger partial charge on any atom is 0.350 e. The second kappa shape index (κ2) is 4.67. The summed E-state index contributed by atoms with van der Waals surface area (Å²) in [5.74, 6) is -1.16. The van der Waals surface area contributed by atoms with Crippen LogP contribution in [0, 0.1) is 11.3 Å². The fourth-order valence-electron chi connectivity index (χ4n) is 0.408. The van der Waals surface area contributed by atoms with Crippen molar-refractivity contribution in [2.75, 3.05) is 7.11 Å². The van der Waals surface area contributed by atoms with E-state index >= 15 is 0 Å². The van der Waals surface area contributed by atoms with Gasteiger partial charge in [0.15, 0.2) is 5.57 Å². The summed E-state index contributed by atoms with van der Waals surface area (Å²) in [4.78, 5) is 10.6. The lowest BCUT2D eigenvalue weighted by molar-refractivity contribution is -0.135. The molecule has 12 heavy (non-hydrogen) atoms. The van der Waals surface area contributed by atoms with E-state index in [0.717, 1.165) is 7.11 Å². The van der Waals surface area contributed by atoms with Gasteiger partial charge in [-0.2, -0.15) is 5.26 Å². The number of carbonyl (C=O) groups is 1. The van der Waals surface area contributed by atoms with Crippen molar-refractivity contribution >= 4 is 17.6 Å². The molecule has 0 aliphatic heterocycles. The first-order valence-electron chi connectivity index (χ1n) is 2.70. The summed E-state index contributed by atoms with van der Waals surface area (Å²) in [6.45, 7) is 0. The van der Waals surface area contributed by atoms with Crippen LogP contribution in [0.5, 0.6) is 0 Å². The molecule has 0 amide bonds. The maximum atomic E-state index is 11.8. The van der Waals surface area contributed by atoms with Crippen LogP contribution in [0.3, 0.4) is 0 Å². The lowest BCUT2D eigenvalue weighted by Gasteiger charge is -1.99. The van der Waals surface area contributed by atoms with Crippen LogP contribution < -0.4 is 0 Å². The molecule has 0 saturated heterocycles. The second-order valence-electron chi connectivity index (χ2n) is 1.63. The first-order valence-corrected chi connectivity index (χ1v) is 3.08. The van der Waals surface area contributed by atoms with Crippen molar-refractivity contribution in [2.45, 2.75) is 6.43 Å². The van der Waals surface area contributed by atoms with E-state index in [-0.39, 0.29) is 0 Å². The van der Waals surface area contributed by atoms with Crippen molar-refractivity contribution < 1.29 is 18.3 Å². The molecule has 0 aromatic heterocycles. The van der Waals surface area contributed by atoms with Gasteiger partial charge in [-0.15, -0.1) is 0 Å². The van der Waals surface area contributed by atoms with Crippen molar-refractivity contribution in [3.63, 3.8) is 0 Å². The Kier molecular flexibility index (Phi) is 4.22. The third-order valence-electron chi connectivity index (χ3n) is 0.932. The summed E-state index contributed by atoms with van der Waals surface area (Å²) in [5.41, 5.74) is -0.867. The van der Waals surface area contributed by atoms with Crippen LogP contribution in [0.25, 0.3) is 0 Å².